The van der Waals surface area contributed by atoms with Gasteiger partial charge in [-0.1, -0.05) is 53.7 Å². The quantitative estimate of drug-likeness (QED) is 0.581. The zero-order chi connectivity index (χ0) is 23.0. The molecule has 2 aromatic heterocycles. The molecule has 0 spiro atoms. The van der Waals surface area contributed by atoms with E-state index in [0.717, 1.165) is 28.5 Å². The maximum absolute atomic E-state index is 11.4. The van der Waals surface area contributed by atoms with E-state index in [9.17, 15) is 5.11 Å². The summed E-state index contributed by atoms with van der Waals surface area (Å²) < 4.78 is 2.02. The lowest BCUT2D eigenvalue weighted by molar-refractivity contribution is 0.442. The number of phenols is 1. The molecule has 0 aliphatic carbocycles. The SMILES string of the molecule is Cc1cccc(CN(Cc2nccn2C)c2cc(C(C)(C)C)cc(C(C)(C)C)c2O)n1. The average Bonchev–Trinajstić information content (AvgIpc) is 3.04. The highest BCUT2D eigenvalue weighted by molar-refractivity contribution is 5.65. The Kier molecular flexibility index (Phi) is 6.17. The van der Waals surface area contributed by atoms with E-state index in [4.69, 9.17) is 4.98 Å². The first-order valence-corrected chi connectivity index (χ1v) is 10.9. The molecular formula is C26H36N4O. The van der Waals surface area contributed by atoms with Gasteiger partial charge in [0.2, 0.25) is 0 Å². The van der Waals surface area contributed by atoms with Gasteiger partial charge in [-0.3, -0.25) is 4.98 Å². The van der Waals surface area contributed by atoms with Crippen molar-refractivity contribution in [2.45, 2.75) is 72.4 Å². The van der Waals surface area contributed by atoms with Crippen molar-refractivity contribution in [2.75, 3.05) is 4.90 Å². The molecule has 0 aliphatic rings. The van der Waals surface area contributed by atoms with Crippen molar-refractivity contribution in [1.29, 1.82) is 0 Å². The maximum Gasteiger partial charge on any atom is 0.142 e. The van der Waals surface area contributed by atoms with Crippen LogP contribution in [0, 0.1) is 6.92 Å². The first-order valence-electron chi connectivity index (χ1n) is 10.9. The normalized spacial score (nSPS) is 12.3. The zero-order valence-electron chi connectivity index (χ0n) is 20.2. The van der Waals surface area contributed by atoms with Gasteiger partial charge in [0.05, 0.1) is 24.5 Å². The molecule has 0 saturated carbocycles. The van der Waals surface area contributed by atoms with Crippen LogP contribution in [-0.4, -0.2) is 19.6 Å². The van der Waals surface area contributed by atoms with Crippen LogP contribution >= 0.6 is 0 Å². The van der Waals surface area contributed by atoms with E-state index in [0.29, 0.717) is 18.8 Å². The minimum absolute atomic E-state index is 0.0427. The van der Waals surface area contributed by atoms with Crippen LogP contribution in [0.25, 0.3) is 0 Å². The summed E-state index contributed by atoms with van der Waals surface area (Å²) in [5, 5.41) is 11.4. The third-order valence-corrected chi connectivity index (χ3v) is 5.66. The number of hydrogen-bond acceptors (Lipinski definition) is 4. The largest absolute Gasteiger partial charge is 0.505 e. The highest BCUT2D eigenvalue weighted by Crippen LogP contribution is 2.42. The number of aromatic nitrogens is 3. The molecule has 1 N–H and O–H groups in total. The fourth-order valence-electron chi connectivity index (χ4n) is 3.69. The van der Waals surface area contributed by atoms with Gasteiger partial charge in [0.1, 0.15) is 11.6 Å². The average molecular weight is 421 g/mol. The molecule has 0 fully saturated rings. The molecule has 0 atom stereocenters. The van der Waals surface area contributed by atoms with Crippen molar-refractivity contribution < 1.29 is 5.11 Å². The second kappa shape index (κ2) is 8.37. The highest BCUT2D eigenvalue weighted by Gasteiger charge is 2.27. The predicted molar refractivity (Wildman–Crippen MR) is 128 cm³/mol. The van der Waals surface area contributed by atoms with Crippen molar-refractivity contribution in [3.05, 3.63) is 71.1 Å². The summed E-state index contributed by atoms with van der Waals surface area (Å²) in [5.41, 5.74) is 4.70. The molecule has 0 bridgehead atoms. The Labute approximate surface area is 186 Å². The molecule has 5 heteroatoms. The van der Waals surface area contributed by atoms with E-state index < -0.39 is 0 Å². The predicted octanol–water partition coefficient (Wildman–Crippen LogP) is 5.63. The molecule has 0 amide bonds. The smallest absolute Gasteiger partial charge is 0.142 e. The van der Waals surface area contributed by atoms with E-state index in [1.54, 1.807) is 0 Å². The number of aromatic hydroxyl groups is 1. The summed E-state index contributed by atoms with van der Waals surface area (Å²) in [5.74, 6) is 1.27. The zero-order valence-corrected chi connectivity index (χ0v) is 20.2. The van der Waals surface area contributed by atoms with Crippen molar-refractivity contribution in [2.24, 2.45) is 7.05 Å². The third kappa shape index (κ3) is 5.27. The molecular weight excluding hydrogens is 384 g/mol. The first kappa shape index (κ1) is 22.9. The number of pyridine rings is 1. The summed E-state index contributed by atoms with van der Waals surface area (Å²) >= 11 is 0. The van der Waals surface area contributed by atoms with Gasteiger partial charge in [-0.2, -0.15) is 0 Å². The molecule has 1 aromatic carbocycles. The van der Waals surface area contributed by atoms with Crippen LogP contribution in [0.4, 0.5) is 5.69 Å². The number of imidazole rings is 1. The van der Waals surface area contributed by atoms with Gasteiger partial charge in [0.25, 0.3) is 0 Å². The van der Waals surface area contributed by atoms with Crippen LogP contribution in [0.15, 0.2) is 42.7 Å². The molecule has 3 rings (SSSR count). The molecule has 2 heterocycles. The van der Waals surface area contributed by atoms with Gasteiger partial charge in [-0.15, -0.1) is 0 Å². The molecule has 0 aliphatic heterocycles. The number of benzene rings is 1. The standard InChI is InChI=1S/C26H36N4O/c1-18-10-9-11-20(28-18)16-30(17-23-27-12-13-29(23)8)22-15-19(25(2,3)4)14-21(24(22)31)26(5,6)7/h9-15,31H,16-17H2,1-8H3. The topological polar surface area (TPSA) is 54.2 Å². The first-order chi connectivity index (χ1) is 14.4. The van der Waals surface area contributed by atoms with Gasteiger partial charge in [-0.25, -0.2) is 4.98 Å². The van der Waals surface area contributed by atoms with Crippen molar-refractivity contribution >= 4 is 5.69 Å². The number of hydrogen-bond donors (Lipinski definition) is 1. The lowest BCUT2D eigenvalue weighted by Crippen LogP contribution is -2.26. The Morgan fingerprint density at radius 3 is 2.26 bits per heavy atom. The van der Waals surface area contributed by atoms with Gasteiger partial charge in [0, 0.05) is 30.7 Å². The Morgan fingerprint density at radius 1 is 1.00 bits per heavy atom. The highest BCUT2D eigenvalue weighted by atomic mass is 16.3. The Bertz CT molecular complexity index is 1050. The second-order valence-electron chi connectivity index (χ2n) is 10.5. The molecule has 31 heavy (non-hydrogen) atoms. The number of aryl methyl sites for hydroxylation is 2. The molecule has 5 nitrogen and oxygen atoms in total. The van der Waals surface area contributed by atoms with Gasteiger partial charge < -0.3 is 14.6 Å². The summed E-state index contributed by atoms with van der Waals surface area (Å²) in [4.78, 5) is 11.4. The van der Waals surface area contributed by atoms with Crippen LogP contribution < -0.4 is 4.90 Å². The molecule has 3 aromatic rings. The Balaban J connectivity index is 2.17. The van der Waals surface area contributed by atoms with E-state index >= 15 is 0 Å². The summed E-state index contributed by atoms with van der Waals surface area (Å²) in [7, 11) is 2.00. The lowest BCUT2D eigenvalue weighted by Gasteiger charge is -2.32. The number of anilines is 1. The molecule has 0 radical (unpaired) electrons. The molecule has 0 unspecified atom stereocenters. The van der Waals surface area contributed by atoms with E-state index in [-0.39, 0.29) is 10.8 Å². The minimum atomic E-state index is -0.184. The van der Waals surface area contributed by atoms with Crippen LogP contribution in [0.2, 0.25) is 0 Å². The summed E-state index contributed by atoms with van der Waals surface area (Å²) in [6.07, 6.45) is 3.76. The Hall–Kier alpha value is -2.82. The van der Waals surface area contributed by atoms with Crippen molar-refractivity contribution in [1.82, 2.24) is 14.5 Å². The van der Waals surface area contributed by atoms with E-state index in [1.807, 2.05) is 49.1 Å². The molecule has 0 saturated heterocycles. The molecule has 166 valence electrons. The van der Waals surface area contributed by atoms with Crippen molar-refractivity contribution in [3.8, 4) is 5.75 Å². The van der Waals surface area contributed by atoms with Crippen LogP contribution in [0.5, 0.6) is 5.75 Å². The van der Waals surface area contributed by atoms with Crippen LogP contribution in [-0.2, 0) is 31.0 Å². The lowest BCUT2D eigenvalue weighted by atomic mass is 9.79. The fourth-order valence-corrected chi connectivity index (χ4v) is 3.69. The van der Waals surface area contributed by atoms with Gasteiger partial charge in [-0.05, 0) is 41.5 Å². The van der Waals surface area contributed by atoms with Crippen molar-refractivity contribution in [3.63, 3.8) is 0 Å². The number of nitrogens with zero attached hydrogens (tertiary/aromatic N) is 4. The number of phenolic OH excluding ortho intramolecular Hbond substituents is 1. The van der Waals surface area contributed by atoms with E-state index in [1.165, 1.54) is 5.56 Å². The van der Waals surface area contributed by atoms with Crippen LogP contribution in [0.1, 0.15) is 69.9 Å². The fraction of sp³-hybridized carbons (Fsp3) is 0.462. The van der Waals surface area contributed by atoms with Crippen LogP contribution in [0.3, 0.4) is 0 Å². The second-order valence-corrected chi connectivity index (χ2v) is 10.5. The summed E-state index contributed by atoms with van der Waals surface area (Å²) in [6, 6.07) is 10.4. The third-order valence-electron chi connectivity index (χ3n) is 5.66. The minimum Gasteiger partial charge on any atom is -0.505 e. The maximum atomic E-state index is 11.4. The van der Waals surface area contributed by atoms with Gasteiger partial charge in [0.15, 0.2) is 0 Å². The summed E-state index contributed by atoms with van der Waals surface area (Å²) in [6.45, 7) is 16.2. The number of rotatable bonds is 5. The van der Waals surface area contributed by atoms with E-state index in [2.05, 4.69) is 63.6 Å². The van der Waals surface area contributed by atoms with Gasteiger partial charge >= 0.3 is 0 Å². The Morgan fingerprint density at radius 2 is 1.71 bits per heavy atom. The monoisotopic (exact) mass is 420 g/mol.